The molecule has 1 rings (SSSR count). The molecule has 4 nitrogen and oxygen atoms in total. The minimum atomic E-state index is -0.698. The molecule has 0 aliphatic rings. The molecule has 0 bridgehead atoms. The Labute approximate surface area is 110 Å². The van der Waals surface area contributed by atoms with E-state index in [1.807, 2.05) is 26.0 Å². The predicted molar refractivity (Wildman–Crippen MR) is 77.2 cm³/mol. The van der Waals surface area contributed by atoms with Crippen molar-refractivity contribution in [3.05, 3.63) is 18.3 Å². The number of nitrogens with one attached hydrogen (secondary N) is 1. The summed E-state index contributed by atoms with van der Waals surface area (Å²) in [4.78, 5) is 6.44. The molecule has 0 saturated heterocycles. The van der Waals surface area contributed by atoms with Crippen LogP contribution in [0.4, 0.5) is 11.5 Å². The van der Waals surface area contributed by atoms with Gasteiger partial charge in [0.15, 0.2) is 0 Å². The molecule has 0 fully saturated rings. The summed E-state index contributed by atoms with van der Waals surface area (Å²) >= 11 is 0. The molecule has 0 spiro atoms. The largest absolute Gasteiger partial charge is 0.389 e. The van der Waals surface area contributed by atoms with Gasteiger partial charge in [-0.25, -0.2) is 4.98 Å². The summed E-state index contributed by atoms with van der Waals surface area (Å²) in [5, 5.41) is 13.2. The van der Waals surface area contributed by atoms with E-state index in [0.717, 1.165) is 31.0 Å². The summed E-state index contributed by atoms with van der Waals surface area (Å²) in [5.74, 6) is 0.892. The molecule has 0 atom stereocenters. The van der Waals surface area contributed by atoms with Crippen LogP contribution >= 0.6 is 0 Å². The third kappa shape index (κ3) is 4.92. The average molecular weight is 251 g/mol. The van der Waals surface area contributed by atoms with Gasteiger partial charge in [0.2, 0.25) is 0 Å². The van der Waals surface area contributed by atoms with Crippen LogP contribution in [0.3, 0.4) is 0 Å². The fourth-order valence-corrected chi connectivity index (χ4v) is 1.82. The highest BCUT2D eigenvalue weighted by atomic mass is 16.3. The van der Waals surface area contributed by atoms with Crippen molar-refractivity contribution in [2.45, 2.75) is 39.7 Å². The zero-order valence-corrected chi connectivity index (χ0v) is 11.9. The third-order valence-corrected chi connectivity index (χ3v) is 2.62. The Balaban J connectivity index is 2.79. The number of likely N-dealkylation sites (N-methyl/N-ethyl adjacent to an activating group) is 1. The van der Waals surface area contributed by atoms with Gasteiger partial charge in [-0.3, -0.25) is 0 Å². The second kappa shape index (κ2) is 6.59. The van der Waals surface area contributed by atoms with Gasteiger partial charge in [0.25, 0.3) is 0 Å². The number of pyridine rings is 1. The standard InChI is InChI=1S/C14H25N3O/c1-5-8-15-13-10-12(7-9-16-13)17(6-2)11-14(3,4)18/h7,9-10,18H,5-6,8,11H2,1-4H3,(H,15,16). The molecule has 0 aliphatic carbocycles. The Morgan fingerprint density at radius 1 is 1.39 bits per heavy atom. The van der Waals surface area contributed by atoms with Crippen molar-refractivity contribution >= 4 is 11.5 Å². The first-order valence-corrected chi connectivity index (χ1v) is 6.63. The average Bonchev–Trinajstić information content (AvgIpc) is 2.32. The van der Waals surface area contributed by atoms with E-state index in [1.54, 1.807) is 6.20 Å². The highest BCUT2D eigenvalue weighted by Gasteiger charge is 2.17. The Morgan fingerprint density at radius 3 is 2.67 bits per heavy atom. The first-order chi connectivity index (χ1) is 8.46. The lowest BCUT2D eigenvalue weighted by molar-refractivity contribution is 0.0876. The molecule has 1 aromatic rings. The van der Waals surface area contributed by atoms with Crippen molar-refractivity contribution in [2.24, 2.45) is 0 Å². The lowest BCUT2D eigenvalue weighted by Crippen LogP contribution is -2.38. The molecule has 0 unspecified atom stereocenters. The molecular weight excluding hydrogens is 226 g/mol. The predicted octanol–water partition coefficient (Wildman–Crippen LogP) is 2.50. The van der Waals surface area contributed by atoms with Crippen LogP contribution in [0.15, 0.2) is 18.3 Å². The summed E-state index contributed by atoms with van der Waals surface area (Å²) in [6, 6.07) is 4.01. The first kappa shape index (κ1) is 14.8. The van der Waals surface area contributed by atoms with Crippen molar-refractivity contribution in [3.8, 4) is 0 Å². The van der Waals surface area contributed by atoms with Crippen molar-refractivity contribution in [2.75, 3.05) is 29.9 Å². The number of hydrogen-bond acceptors (Lipinski definition) is 4. The van der Waals surface area contributed by atoms with Crippen LogP contribution in [-0.2, 0) is 0 Å². The van der Waals surface area contributed by atoms with Gasteiger partial charge in [-0.05, 0) is 33.3 Å². The SMILES string of the molecule is CCCNc1cc(N(CC)CC(C)(C)O)ccn1. The molecule has 0 amide bonds. The maximum atomic E-state index is 9.92. The summed E-state index contributed by atoms with van der Waals surface area (Å²) in [7, 11) is 0. The van der Waals surface area contributed by atoms with Crippen LogP contribution in [0.2, 0.25) is 0 Å². The van der Waals surface area contributed by atoms with Crippen LogP contribution in [-0.4, -0.2) is 35.3 Å². The van der Waals surface area contributed by atoms with Crippen molar-refractivity contribution in [1.29, 1.82) is 0 Å². The number of rotatable bonds is 7. The topological polar surface area (TPSA) is 48.4 Å². The Morgan fingerprint density at radius 2 is 2.11 bits per heavy atom. The molecular formula is C14H25N3O. The van der Waals surface area contributed by atoms with Gasteiger partial charge in [-0.1, -0.05) is 6.92 Å². The number of aliphatic hydroxyl groups is 1. The third-order valence-electron chi connectivity index (χ3n) is 2.62. The number of aromatic nitrogens is 1. The van der Waals surface area contributed by atoms with Gasteiger partial charge >= 0.3 is 0 Å². The zero-order chi connectivity index (χ0) is 13.6. The molecule has 4 heteroatoms. The van der Waals surface area contributed by atoms with Gasteiger partial charge < -0.3 is 15.3 Å². The van der Waals surface area contributed by atoms with Gasteiger partial charge in [-0.2, -0.15) is 0 Å². The van der Waals surface area contributed by atoms with Crippen molar-refractivity contribution in [1.82, 2.24) is 4.98 Å². The molecule has 18 heavy (non-hydrogen) atoms. The minimum Gasteiger partial charge on any atom is -0.389 e. The lowest BCUT2D eigenvalue weighted by Gasteiger charge is -2.30. The molecule has 0 saturated carbocycles. The zero-order valence-electron chi connectivity index (χ0n) is 11.9. The summed E-state index contributed by atoms with van der Waals surface area (Å²) in [6.07, 6.45) is 2.88. The van der Waals surface area contributed by atoms with Gasteiger partial charge in [0, 0.05) is 37.6 Å². The number of nitrogens with zero attached hydrogens (tertiary/aromatic N) is 2. The van der Waals surface area contributed by atoms with Crippen molar-refractivity contribution < 1.29 is 5.11 Å². The van der Waals surface area contributed by atoms with Gasteiger partial charge in [0.05, 0.1) is 5.60 Å². The first-order valence-electron chi connectivity index (χ1n) is 6.63. The Hall–Kier alpha value is -1.29. The lowest BCUT2D eigenvalue weighted by atomic mass is 10.1. The van der Waals surface area contributed by atoms with E-state index >= 15 is 0 Å². The van der Waals surface area contributed by atoms with Gasteiger partial charge in [0.1, 0.15) is 5.82 Å². The molecule has 0 aromatic carbocycles. The number of hydrogen-bond donors (Lipinski definition) is 2. The highest BCUT2D eigenvalue weighted by molar-refractivity contribution is 5.54. The van der Waals surface area contributed by atoms with E-state index in [0.29, 0.717) is 6.54 Å². The molecule has 102 valence electrons. The molecule has 0 radical (unpaired) electrons. The highest BCUT2D eigenvalue weighted by Crippen LogP contribution is 2.19. The van der Waals surface area contributed by atoms with E-state index in [4.69, 9.17) is 0 Å². The molecule has 1 aromatic heterocycles. The second-order valence-corrected chi connectivity index (χ2v) is 5.15. The summed E-state index contributed by atoms with van der Waals surface area (Å²) in [6.45, 7) is 10.3. The van der Waals surface area contributed by atoms with Crippen LogP contribution < -0.4 is 10.2 Å². The second-order valence-electron chi connectivity index (χ2n) is 5.15. The van der Waals surface area contributed by atoms with E-state index < -0.39 is 5.60 Å². The van der Waals surface area contributed by atoms with E-state index in [9.17, 15) is 5.11 Å². The fourth-order valence-electron chi connectivity index (χ4n) is 1.82. The van der Waals surface area contributed by atoms with Gasteiger partial charge in [-0.15, -0.1) is 0 Å². The monoisotopic (exact) mass is 251 g/mol. The van der Waals surface area contributed by atoms with E-state index in [1.165, 1.54) is 0 Å². The normalized spacial score (nSPS) is 11.4. The van der Waals surface area contributed by atoms with E-state index in [2.05, 4.69) is 29.0 Å². The Bertz CT molecular complexity index is 360. The molecule has 0 aliphatic heterocycles. The molecule has 2 N–H and O–H groups in total. The maximum absolute atomic E-state index is 9.92. The Kier molecular flexibility index (Phi) is 5.41. The number of anilines is 2. The minimum absolute atomic E-state index is 0.612. The van der Waals surface area contributed by atoms with Crippen LogP contribution in [0.25, 0.3) is 0 Å². The smallest absolute Gasteiger partial charge is 0.127 e. The maximum Gasteiger partial charge on any atom is 0.127 e. The summed E-state index contributed by atoms with van der Waals surface area (Å²) in [5.41, 5.74) is 0.393. The van der Waals surface area contributed by atoms with Crippen molar-refractivity contribution in [3.63, 3.8) is 0 Å². The summed E-state index contributed by atoms with van der Waals surface area (Å²) < 4.78 is 0. The van der Waals surface area contributed by atoms with Crippen LogP contribution in [0.1, 0.15) is 34.1 Å². The van der Waals surface area contributed by atoms with E-state index in [-0.39, 0.29) is 0 Å². The fraction of sp³-hybridized carbons (Fsp3) is 0.643. The van der Waals surface area contributed by atoms with Crippen LogP contribution in [0.5, 0.6) is 0 Å². The molecule has 1 heterocycles. The van der Waals surface area contributed by atoms with Crippen LogP contribution in [0, 0.1) is 0 Å². The quantitative estimate of drug-likeness (QED) is 0.781.